The summed E-state index contributed by atoms with van der Waals surface area (Å²) in [4.78, 5) is 0. The first kappa shape index (κ1) is 25.9. The number of halogens is 2. The smallest absolute Gasteiger partial charge is 0.0646 e. The maximum atomic E-state index is 4.94. The zero-order valence-corrected chi connectivity index (χ0v) is 20.5. The molecule has 0 aromatic carbocycles. The molecule has 0 heterocycles. The van der Waals surface area contributed by atoms with E-state index in [0.29, 0.717) is 0 Å². The van der Waals surface area contributed by atoms with Gasteiger partial charge in [-0.2, -0.15) is 5.70 Å². The van der Waals surface area contributed by atoms with Gasteiger partial charge in [0.1, 0.15) is 0 Å². The molecule has 0 aliphatic heterocycles. The third kappa shape index (κ3) is 7.28. The molecule has 0 bridgehead atoms. The third-order valence-electron chi connectivity index (χ3n) is 2.93. The predicted octanol–water partition coefficient (Wildman–Crippen LogP) is 5.66. The molecule has 0 aromatic rings. The van der Waals surface area contributed by atoms with Crippen molar-refractivity contribution in [2.24, 2.45) is 5.41 Å². The second kappa shape index (κ2) is 9.17. The molecule has 118 valence electrons. The second-order valence-corrected chi connectivity index (χ2v) is 10.3. The molecule has 0 amide bonds. The van der Waals surface area contributed by atoms with E-state index in [9.17, 15) is 0 Å². The Balaban J connectivity index is -0.000000963. The second-order valence-electron chi connectivity index (χ2n) is 7.37. The standard InChI is InChI=1S/C15H28NSi.2ClH.Hf/c1-14(2,3)13-11(16-15(4,5)6)9-10-12(13)17(7)8;;;/h10,17H,9H2,1-8H3;2*1H;/q-1;;;. The monoisotopic (exact) mass is 502 g/mol. The molecule has 0 saturated carbocycles. The summed E-state index contributed by atoms with van der Waals surface area (Å²) in [7, 11) is -0.744. The van der Waals surface area contributed by atoms with Gasteiger partial charge in [0.25, 0.3) is 0 Å². The van der Waals surface area contributed by atoms with Crippen LogP contribution in [-0.2, 0) is 25.8 Å². The Hall–Kier alpha value is 0.947. The largest absolute Gasteiger partial charge is 0.683 e. The minimum Gasteiger partial charge on any atom is -0.683 e. The van der Waals surface area contributed by atoms with Crippen molar-refractivity contribution in [3.63, 3.8) is 0 Å². The average Bonchev–Trinajstić information content (AvgIpc) is 2.43. The zero-order chi connectivity index (χ0) is 13.4. The van der Waals surface area contributed by atoms with Crippen LogP contribution in [0.15, 0.2) is 22.5 Å². The molecule has 1 nitrogen and oxygen atoms in total. The van der Waals surface area contributed by atoms with Crippen LogP contribution in [-0.4, -0.2) is 14.3 Å². The molecule has 1 rings (SSSR count). The van der Waals surface area contributed by atoms with Gasteiger partial charge in [-0.1, -0.05) is 71.5 Å². The summed E-state index contributed by atoms with van der Waals surface area (Å²) in [5, 5.41) is 6.58. The fourth-order valence-corrected chi connectivity index (χ4v) is 4.24. The van der Waals surface area contributed by atoms with Gasteiger partial charge in [-0.25, -0.2) is 0 Å². The Morgan fingerprint density at radius 2 is 1.45 bits per heavy atom. The fraction of sp³-hybridized carbons (Fsp3) is 0.733. The molecule has 1 aliphatic carbocycles. The SMILES string of the molecule is C[SiH](C)C1=CCC([N-]C(C)(C)C)=C1C(C)(C)C.Cl.Cl.[Hf]. The molecule has 0 unspecified atom stereocenters. The van der Waals surface area contributed by atoms with Crippen molar-refractivity contribution in [1.82, 2.24) is 0 Å². The van der Waals surface area contributed by atoms with E-state index in [4.69, 9.17) is 5.32 Å². The van der Waals surface area contributed by atoms with Crippen molar-refractivity contribution in [3.05, 3.63) is 27.9 Å². The Kier molecular flexibility index (Phi) is 11.9. The van der Waals surface area contributed by atoms with E-state index in [-0.39, 0.29) is 61.6 Å². The number of allylic oxidation sites excluding steroid dienone is 3. The van der Waals surface area contributed by atoms with Crippen LogP contribution in [0.1, 0.15) is 48.0 Å². The van der Waals surface area contributed by atoms with Crippen LogP contribution in [0.3, 0.4) is 0 Å². The molecule has 0 saturated heterocycles. The van der Waals surface area contributed by atoms with E-state index in [2.05, 4.69) is 60.7 Å². The average molecular weight is 502 g/mol. The molecule has 0 fully saturated rings. The molecule has 0 aromatic heterocycles. The van der Waals surface area contributed by atoms with E-state index in [1.54, 1.807) is 5.20 Å². The van der Waals surface area contributed by atoms with Crippen LogP contribution >= 0.6 is 24.8 Å². The van der Waals surface area contributed by atoms with Crippen LogP contribution < -0.4 is 0 Å². The molecular weight excluding hydrogens is 472 g/mol. The van der Waals surface area contributed by atoms with E-state index in [1.807, 2.05) is 0 Å². The Morgan fingerprint density at radius 1 is 1.00 bits per heavy atom. The minimum atomic E-state index is -0.744. The topological polar surface area (TPSA) is 14.1 Å². The molecule has 20 heavy (non-hydrogen) atoms. The molecule has 0 N–H and O–H groups in total. The van der Waals surface area contributed by atoms with Crippen LogP contribution in [0.2, 0.25) is 13.1 Å². The van der Waals surface area contributed by atoms with Gasteiger partial charge >= 0.3 is 0 Å². The quantitative estimate of drug-likeness (QED) is 0.434. The van der Waals surface area contributed by atoms with Gasteiger partial charge in [-0.15, -0.1) is 30.4 Å². The van der Waals surface area contributed by atoms with Crippen LogP contribution in [0, 0.1) is 5.41 Å². The van der Waals surface area contributed by atoms with Gasteiger partial charge in [-0.05, 0) is 11.8 Å². The first-order valence-corrected chi connectivity index (χ1v) is 9.58. The molecule has 0 spiro atoms. The van der Waals surface area contributed by atoms with Crippen LogP contribution in [0.5, 0.6) is 0 Å². The number of hydrogen-bond donors (Lipinski definition) is 0. The van der Waals surface area contributed by atoms with Gasteiger partial charge in [-0.3, -0.25) is 0 Å². The normalized spacial score (nSPS) is 15.2. The molecular formula is C15H30Cl2HfNSi-. The van der Waals surface area contributed by atoms with Gasteiger partial charge in [0, 0.05) is 25.8 Å². The Labute approximate surface area is 158 Å². The van der Waals surface area contributed by atoms with Gasteiger partial charge < -0.3 is 5.32 Å². The van der Waals surface area contributed by atoms with Gasteiger partial charge in [0.15, 0.2) is 0 Å². The number of rotatable bonds is 2. The summed E-state index contributed by atoms with van der Waals surface area (Å²) in [6.07, 6.45) is 3.48. The minimum absolute atomic E-state index is 0. The summed E-state index contributed by atoms with van der Waals surface area (Å²) in [5.74, 6) is 0. The molecule has 5 heteroatoms. The maximum Gasteiger partial charge on any atom is 0.0646 e. The Morgan fingerprint density at radius 3 is 1.75 bits per heavy atom. The predicted molar refractivity (Wildman–Crippen MR) is 95.7 cm³/mol. The molecule has 0 radical (unpaired) electrons. The first-order chi connectivity index (χ1) is 7.52. The fourth-order valence-electron chi connectivity index (χ4n) is 2.47. The van der Waals surface area contributed by atoms with Crippen molar-refractivity contribution in [2.45, 2.75) is 66.6 Å². The first-order valence-electron chi connectivity index (χ1n) is 6.69. The van der Waals surface area contributed by atoms with Crippen molar-refractivity contribution in [1.29, 1.82) is 0 Å². The van der Waals surface area contributed by atoms with Crippen LogP contribution in [0.25, 0.3) is 5.32 Å². The molecule has 0 atom stereocenters. The van der Waals surface area contributed by atoms with Crippen molar-refractivity contribution >= 4 is 33.6 Å². The maximum absolute atomic E-state index is 4.94. The van der Waals surface area contributed by atoms with Crippen molar-refractivity contribution in [2.75, 3.05) is 0 Å². The van der Waals surface area contributed by atoms with E-state index < -0.39 is 8.80 Å². The summed E-state index contributed by atoms with van der Waals surface area (Å²) in [6.45, 7) is 18.3. The van der Waals surface area contributed by atoms with E-state index >= 15 is 0 Å². The summed E-state index contributed by atoms with van der Waals surface area (Å²) in [5.41, 5.74) is 3.13. The van der Waals surface area contributed by atoms with Crippen molar-refractivity contribution < 1.29 is 25.8 Å². The third-order valence-corrected chi connectivity index (χ3v) is 4.70. The Bertz CT molecular complexity index is 363. The van der Waals surface area contributed by atoms with E-state index in [0.717, 1.165) is 6.42 Å². The number of nitrogens with zero attached hydrogens (tertiary/aromatic N) is 1. The van der Waals surface area contributed by atoms with Gasteiger partial charge in [0.05, 0.1) is 8.80 Å². The van der Waals surface area contributed by atoms with Gasteiger partial charge in [0.2, 0.25) is 0 Å². The molecule has 1 aliphatic rings. The summed E-state index contributed by atoms with van der Waals surface area (Å²) < 4.78 is 0. The number of hydrogen-bond acceptors (Lipinski definition) is 0. The van der Waals surface area contributed by atoms with Crippen molar-refractivity contribution in [3.8, 4) is 0 Å². The summed E-state index contributed by atoms with van der Waals surface area (Å²) >= 11 is 0. The zero-order valence-electron chi connectivity index (χ0n) is 14.1. The summed E-state index contributed by atoms with van der Waals surface area (Å²) in [6, 6.07) is 0. The van der Waals surface area contributed by atoms with Crippen LogP contribution in [0.4, 0.5) is 0 Å². The van der Waals surface area contributed by atoms with E-state index in [1.165, 1.54) is 11.3 Å².